The molecule has 13 heteroatoms. The number of esters is 1. The highest BCUT2D eigenvalue weighted by atomic mass is 16.6. The molecule has 1 aliphatic heterocycles. The zero-order chi connectivity index (χ0) is 23.6. The summed E-state index contributed by atoms with van der Waals surface area (Å²) in [5, 5.41) is 11.5. The summed E-state index contributed by atoms with van der Waals surface area (Å²) in [5.74, 6) is -2.26. The molecule has 0 amide bonds. The number of carbonyl (C=O) groups is 2. The number of hydrogen-bond acceptors (Lipinski definition) is 10. The minimum Gasteiger partial charge on any atom is -0.454 e. The number of Topliss-reactive ketones (excluding diaryl/α,β-unsaturated/α-hetero) is 1. The summed E-state index contributed by atoms with van der Waals surface area (Å²) in [5.41, 5.74) is 3.50. The van der Waals surface area contributed by atoms with Crippen molar-refractivity contribution in [2.75, 3.05) is 43.5 Å². The monoisotopic (exact) mass is 447 g/mol. The summed E-state index contributed by atoms with van der Waals surface area (Å²) >= 11 is 0. The van der Waals surface area contributed by atoms with E-state index in [1.54, 1.807) is 4.90 Å². The highest BCUT2D eigenvalue weighted by Crippen LogP contribution is 2.30. The van der Waals surface area contributed by atoms with Gasteiger partial charge in [0.1, 0.15) is 17.1 Å². The summed E-state index contributed by atoms with van der Waals surface area (Å²) < 4.78 is 11.8. The molecule has 0 atom stereocenters. The molecular weight excluding hydrogens is 426 g/mol. The van der Waals surface area contributed by atoms with E-state index in [0.29, 0.717) is 36.6 Å². The molecule has 170 valence electrons. The third-order valence-electron chi connectivity index (χ3n) is 5.08. The van der Waals surface area contributed by atoms with Crippen LogP contribution < -0.4 is 21.9 Å². The number of nitrogens with two attached hydrogens (primary N) is 1. The minimum atomic E-state index is -0.991. The molecule has 1 aromatic carbocycles. The largest absolute Gasteiger partial charge is 0.454 e. The number of nitro groups is 1. The van der Waals surface area contributed by atoms with Crippen LogP contribution in [0, 0.1) is 10.1 Å². The van der Waals surface area contributed by atoms with E-state index in [1.165, 1.54) is 26.2 Å². The van der Waals surface area contributed by atoms with Gasteiger partial charge in [-0.15, -0.1) is 0 Å². The third kappa shape index (κ3) is 4.23. The van der Waals surface area contributed by atoms with Crippen molar-refractivity contribution < 1.29 is 24.0 Å². The zero-order valence-corrected chi connectivity index (χ0v) is 17.4. The van der Waals surface area contributed by atoms with Gasteiger partial charge in [0.05, 0.1) is 23.7 Å². The van der Waals surface area contributed by atoms with Gasteiger partial charge in [-0.2, -0.15) is 0 Å². The van der Waals surface area contributed by atoms with Crippen molar-refractivity contribution in [3.63, 3.8) is 0 Å². The van der Waals surface area contributed by atoms with Crippen LogP contribution >= 0.6 is 0 Å². The van der Waals surface area contributed by atoms with Crippen LogP contribution in [0.15, 0.2) is 27.8 Å². The zero-order valence-electron chi connectivity index (χ0n) is 17.4. The minimum absolute atomic E-state index is 0.136. The fourth-order valence-corrected chi connectivity index (χ4v) is 3.28. The highest BCUT2D eigenvalue weighted by Gasteiger charge is 2.25. The Hall–Kier alpha value is -4.00. The number of ether oxygens (including phenoxy) is 2. The molecule has 0 spiro atoms. The molecule has 2 aromatic rings. The Morgan fingerprint density at radius 2 is 1.84 bits per heavy atom. The van der Waals surface area contributed by atoms with Crippen LogP contribution in [0.3, 0.4) is 0 Å². The predicted molar refractivity (Wildman–Crippen MR) is 112 cm³/mol. The first-order valence-electron chi connectivity index (χ1n) is 9.50. The second kappa shape index (κ2) is 9.01. The lowest BCUT2D eigenvalue weighted by atomic mass is 10.1. The van der Waals surface area contributed by atoms with Crippen LogP contribution in [0.5, 0.6) is 0 Å². The molecule has 32 heavy (non-hydrogen) atoms. The molecule has 2 N–H and O–H groups in total. The molecule has 1 saturated heterocycles. The van der Waals surface area contributed by atoms with Gasteiger partial charge in [0.15, 0.2) is 6.61 Å². The van der Waals surface area contributed by atoms with Gasteiger partial charge in [-0.25, -0.2) is 9.59 Å². The quantitative estimate of drug-likeness (QED) is 0.262. The number of rotatable bonds is 6. The Bertz CT molecular complexity index is 1210. The molecule has 0 radical (unpaired) electrons. The van der Waals surface area contributed by atoms with Gasteiger partial charge in [0.25, 0.3) is 11.2 Å². The van der Waals surface area contributed by atoms with Crippen LogP contribution in [0.25, 0.3) is 0 Å². The SMILES string of the molecule is Cn1c(N)c(C(=O)COC(=O)c2ccc(N3CCOCC3)c([N+](=O)[O-])c2)c(=O)n(C)c1=O. The Labute approximate surface area is 180 Å². The molecule has 0 aliphatic carbocycles. The van der Waals surface area contributed by atoms with E-state index < -0.39 is 40.1 Å². The van der Waals surface area contributed by atoms with Gasteiger partial charge in [-0.3, -0.25) is 28.8 Å². The van der Waals surface area contributed by atoms with Gasteiger partial charge in [0, 0.05) is 33.3 Å². The Morgan fingerprint density at radius 3 is 2.47 bits per heavy atom. The van der Waals surface area contributed by atoms with Crippen molar-refractivity contribution in [1.82, 2.24) is 9.13 Å². The maximum atomic E-state index is 12.5. The van der Waals surface area contributed by atoms with E-state index in [9.17, 15) is 29.3 Å². The number of benzene rings is 1. The first-order chi connectivity index (χ1) is 15.1. The van der Waals surface area contributed by atoms with E-state index in [4.69, 9.17) is 15.2 Å². The van der Waals surface area contributed by atoms with E-state index in [-0.39, 0.29) is 17.1 Å². The summed E-state index contributed by atoms with van der Waals surface area (Å²) in [6, 6.07) is 3.85. The molecular formula is C19H21N5O8. The maximum Gasteiger partial charge on any atom is 0.338 e. The van der Waals surface area contributed by atoms with Crippen molar-refractivity contribution in [3.8, 4) is 0 Å². The number of anilines is 2. The average molecular weight is 447 g/mol. The van der Waals surface area contributed by atoms with Crippen LogP contribution in [0.1, 0.15) is 20.7 Å². The second-order valence-electron chi connectivity index (χ2n) is 7.03. The normalized spacial score (nSPS) is 13.6. The number of aromatic nitrogens is 2. The maximum absolute atomic E-state index is 12.5. The van der Waals surface area contributed by atoms with Crippen molar-refractivity contribution in [2.45, 2.75) is 0 Å². The van der Waals surface area contributed by atoms with Crippen LogP contribution in [0.2, 0.25) is 0 Å². The van der Waals surface area contributed by atoms with Crippen LogP contribution in [-0.2, 0) is 23.6 Å². The van der Waals surface area contributed by atoms with E-state index >= 15 is 0 Å². The molecule has 1 fully saturated rings. The first-order valence-corrected chi connectivity index (χ1v) is 9.50. The first kappa shape index (κ1) is 22.7. The summed E-state index contributed by atoms with van der Waals surface area (Å²) in [6.45, 7) is 0.952. The lowest BCUT2D eigenvalue weighted by Gasteiger charge is -2.28. The number of nitrogens with zero attached hydrogens (tertiary/aromatic N) is 4. The Balaban J connectivity index is 1.80. The van der Waals surface area contributed by atoms with Gasteiger partial charge >= 0.3 is 11.7 Å². The summed E-state index contributed by atoms with van der Waals surface area (Å²) in [4.78, 5) is 61.6. The van der Waals surface area contributed by atoms with Gasteiger partial charge < -0.3 is 20.1 Å². The average Bonchev–Trinajstić information content (AvgIpc) is 2.80. The van der Waals surface area contributed by atoms with Crippen molar-refractivity contribution in [3.05, 3.63) is 60.3 Å². The number of carbonyl (C=O) groups excluding carboxylic acids is 2. The number of ketones is 1. The fourth-order valence-electron chi connectivity index (χ4n) is 3.28. The standard InChI is InChI=1S/C19H21N5O8/c1-21-16(20)15(17(26)22(2)19(21)28)14(25)10-32-18(27)11-3-4-12(13(9-11)24(29)30)23-5-7-31-8-6-23/h3-4,9H,5-8,10,20H2,1-2H3. The number of morpholine rings is 1. The lowest BCUT2D eigenvalue weighted by Crippen LogP contribution is -2.42. The van der Waals surface area contributed by atoms with Gasteiger partial charge in [-0.05, 0) is 12.1 Å². The molecule has 0 unspecified atom stereocenters. The molecule has 1 aliphatic rings. The molecule has 1 aromatic heterocycles. The molecule has 2 heterocycles. The predicted octanol–water partition coefficient (Wildman–Crippen LogP) is -0.549. The molecule has 3 rings (SSSR count). The van der Waals surface area contributed by atoms with E-state index in [2.05, 4.69) is 0 Å². The fraction of sp³-hybridized carbons (Fsp3) is 0.368. The van der Waals surface area contributed by atoms with E-state index in [0.717, 1.165) is 10.6 Å². The van der Waals surface area contributed by atoms with Crippen LogP contribution in [-0.4, -0.2) is 58.7 Å². The Kier molecular flexibility index (Phi) is 6.39. The number of nitro benzene ring substituents is 1. The van der Waals surface area contributed by atoms with Crippen LogP contribution in [0.4, 0.5) is 17.2 Å². The number of nitrogen functional groups attached to an aromatic ring is 1. The second-order valence-corrected chi connectivity index (χ2v) is 7.03. The van der Waals surface area contributed by atoms with Crippen molar-refractivity contribution >= 4 is 28.9 Å². The van der Waals surface area contributed by atoms with Crippen molar-refractivity contribution in [1.29, 1.82) is 0 Å². The summed E-state index contributed by atoms with van der Waals surface area (Å²) in [7, 11) is 2.47. The molecule has 13 nitrogen and oxygen atoms in total. The number of hydrogen-bond donors (Lipinski definition) is 1. The molecule has 0 saturated carbocycles. The van der Waals surface area contributed by atoms with E-state index in [1.807, 2.05) is 0 Å². The lowest BCUT2D eigenvalue weighted by molar-refractivity contribution is -0.384. The third-order valence-corrected chi connectivity index (χ3v) is 5.08. The topological polar surface area (TPSA) is 169 Å². The highest BCUT2D eigenvalue weighted by molar-refractivity contribution is 6.02. The Morgan fingerprint density at radius 1 is 1.19 bits per heavy atom. The molecule has 0 bridgehead atoms. The van der Waals surface area contributed by atoms with Gasteiger partial charge in [0.2, 0.25) is 5.78 Å². The van der Waals surface area contributed by atoms with Gasteiger partial charge in [-0.1, -0.05) is 0 Å². The van der Waals surface area contributed by atoms with Crippen molar-refractivity contribution in [2.24, 2.45) is 14.1 Å². The smallest absolute Gasteiger partial charge is 0.338 e. The summed E-state index contributed by atoms with van der Waals surface area (Å²) in [6.07, 6.45) is 0.